The average molecular weight is 511 g/mol. The summed E-state index contributed by atoms with van der Waals surface area (Å²) < 4.78 is 4.76. The molecule has 0 saturated carbocycles. The smallest absolute Gasteiger partial charge is 0.337 e. The Hall–Kier alpha value is -4.56. The average Bonchev–Trinajstić information content (AvgIpc) is 3.46. The van der Waals surface area contributed by atoms with Crippen LogP contribution in [0.4, 0.5) is 5.69 Å². The van der Waals surface area contributed by atoms with Gasteiger partial charge >= 0.3 is 5.97 Å². The molecule has 5 rings (SSSR count). The minimum absolute atomic E-state index is 0.0143. The number of aryl methyl sites for hydroxylation is 1. The summed E-state index contributed by atoms with van der Waals surface area (Å²) in [5.74, 6) is -2.27. The van der Waals surface area contributed by atoms with Crippen molar-refractivity contribution in [2.75, 3.05) is 12.0 Å². The molecule has 1 aliphatic rings. The standard InChI is InChI=1S/C29H22N2O5S/c1-17-26(37-27(30-17)19-11-7-4-8-12-19)24(32)22-23(18-9-5-3-6-10-18)31(28(34)25(22)33)21-15-13-20(14-16-21)29(35)36-2/h3-16,23,33H,1-2H3. The lowest BCUT2D eigenvalue weighted by atomic mass is 9.95. The highest BCUT2D eigenvalue weighted by molar-refractivity contribution is 7.17. The van der Waals surface area contributed by atoms with E-state index in [0.29, 0.717) is 32.4 Å². The van der Waals surface area contributed by atoms with Crippen LogP contribution < -0.4 is 4.90 Å². The van der Waals surface area contributed by atoms with Gasteiger partial charge in [0.1, 0.15) is 5.01 Å². The molecule has 0 saturated heterocycles. The van der Waals surface area contributed by atoms with Crippen LogP contribution in [0.15, 0.2) is 96.3 Å². The number of rotatable bonds is 6. The third-order valence-electron chi connectivity index (χ3n) is 6.16. The number of ether oxygens (including phenoxy) is 1. The number of nitrogens with zero attached hydrogens (tertiary/aromatic N) is 2. The number of aliphatic hydroxyl groups excluding tert-OH is 1. The Morgan fingerprint density at radius 3 is 2.19 bits per heavy atom. The first-order chi connectivity index (χ1) is 17.9. The number of aromatic nitrogens is 1. The van der Waals surface area contributed by atoms with E-state index in [9.17, 15) is 19.5 Å². The second-order valence-electron chi connectivity index (χ2n) is 8.42. The van der Waals surface area contributed by atoms with Crippen molar-refractivity contribution in [3.63, 3.8) is 0 Å². The van der Waals surface area contributed by atoms with E-state index in [1.54, 1.807) is 43.3 Å². The van der Waals surface area contributed by atoms with Gasteiger partial charge in [0.05, 0.1) is 34.9 Å². The first kappa shape index (κ1) is 24.1. The molecule has 0 radical (unpaired) electrons. The lowest BCUT2D eigenvalue weighted by molar-refractivity contribution is -0.117. The molecule has 1 unspecified atom stereocenters. The van der Waals surface area contributed by atoms with E-state index in [2.05, 4.69) is 4.98 Å². The molecule has 2 heterocycles. The van der Waals surface area contributed by atoms with Crippen LogP contribution in [0.2, 0.25) is 0 Å². The molecule has 1 atom stereocenters. The topological polar surface area (TPSA) is 96.8 Å². The number of methoxy groups -OCH3 is 1. The van der Waals surface area contributed by atoms with Crippen molar-refractivity contribution >= 4 is 34.7 Å². The Morgan fingerprint density at radius 1 is 0.946 bits per heavy atom. The van der Waals surface area contributed by atoms with Gasteiger partial charge in [-0.3, -0.25) is 14.5 Å². The Balaban J connectivity index is 1.59. The van der Waals surface area contributed by atoms with Crippen molar-refractivity contribution in [3.8, 4) is 10.6 Å². The zero-order valence-electron chi connectivity index (χ0n) is 20.0. The van der Waals surface area contributed by atoms with Crippen LogP contribution in [-0.4, -0.2) is 34.9 Å². The number of aliphatic hydroxyl groups is 1. The Labute approximate surface area is 217 Å². The third-order valence-corrected chi connectivity index (χ3v) is 7.36. The number of carbonyl (C=O) groups excluding carboxylic acids is 3. The zero-order valence-corrected chi connectivity index (χ0v) is 20.9. The highest BCUT2D eigenvalue weighted by Crippen LogP contribution is 2.43. The summed E-state index contributed by atoms with van der Waals surface area (Å²) in [6, 6.07) is 23.9. The molecule has 7 nitrogen and oxygen atoms in total. The summed E-state index contributed by atoms with van der Waals surface area (Å²) in [6.07, 6.45) is 0. The monoisotopic (exact) mass is 510 g/mol. The minimum Gasteiger partial charge on any atom is -0.503 e. The number of benzene rings is 3. The fourth-order valence-electron chi connectivity index (χ4n) is 4.36. The predicted octanol–water partition coefficient (Wildman–Crippen LogP) is 5.69. The summed E-state index contributed by atoms with van der Waals surface area (Å²) in [5, 5.41) is 11.7. The maximum atomic E-state index is 13.9. The molecule has 0 fully saturated rings. The van der Waals surface area contributed by atoms with Crippen LogP contribution in [0, 0.1) is 6.92 Å². The van der Waals surface area contributed by atoms with Gasteiger partial charge in [-0.1, -0.05) is 60.7 Å². The maximum Gasteiger partial charge on any atom is 0.337 e. The summed E-state index contributed by atoms with van der Waals surface area (Å²) in [5.41, 5.74) is 2.78. The van der Waals surface area contributed by atoms with E-state index in [-0.39, 0.29) is 5.57 Å². The molecule has 184 valence electrons. The van der Waals surface area contributed by atoms with Crippen molar-refractivity contribution in [1.82, 2.24) is 4.98 Å². The number of hydrogen-bond acceptors (Lipinski definition) is 7. The molecule has 1 amide bonds. The molecular formula is C29H22N2O5S. The SMILES string of the molecule is COC(=O)c1ccc(N2C(=O)C(O)=C(C(=O)c3sc(-c4ccccc4)nc3C)C2c2ccccc2)cc1. The minimum atomic E-state index is -0.869. The van der Waals surface area contributed by atoms with E-state index < -0.39 is 29.5 Å². The van der Waals surface area contributed by atoms with Crippen LogP contribution in [0.5, 0.6) is 0 Å². The van der Waals surface area contributed by atoms with Gasteiger partial charge in [-0.25, -0.2) is 9.78 Å². The highest BCUT2D eigenvalue weighted by atomic mass is 32.1. The van der Waals surface area contributed by atoms with Gasteiger partial charge in [0, 0.05) is 11.3 Å². The molecular weight excluding hydrogens is 488 g/mol. The molecule has 1 aliphatic heterocycles. The van der Waals surface area contributed by atoms with Crippen LogP contribution >= 0.6 is 11.3 Å². The van der Waals surface area contributed by atoms with E-state index >= 15 is 0 Å². The fraction of sp³-hybridized carbons (Fsp3) is 0.103. The number of carbonyl (C=O) groups is 3. The summed E-state index contributed by atoms with van der Waals surface area (Å²) in [7, 11) is 1.29. The van der Waals surface area contributed by atoms with E-state index in [0.717, 1.165) is 5.56 Å². The van der Waals surface area contributed by atoms with Gasteiger partial charge in [-0.2, -0.15) is 0 Å². The van der Waals surface area contributed by atoms with Crippen molar-refractivity contribution in [3.05, 3.63) is 118 Å². The highest BCUT2D eigenvalue weighted by Gasteiger charge is 2.45. The molecule has 0 bridgehead atoms. The van der Waals surface area contributed by atoms with Crippen LogP contribution in [0.1, 0.15) is 37.3 Å². The van der Waals surface area contributed by atoms with Crippen LogP contribution in [0.25, 0.3) is 10.6 Å². The van der Waals surface area contributed by atoms with Gasteiger partial charge in [0.2, 0.25) is 5.78 Å². The molecule has 1 aromatic heterocycles. The largest absolute Gasteiger partial charge is 0.503 e. The van der Waals surface area contributed by atoms with Gasteiger partial charge in [-0.15, -0.1) is 11.3 Å². The number of hydrogen-bond donors (Lipinski definition) is 1. The second-order valence-corrected chi connectivity index (χ2v) is 9.42. The van der Waals surface area contributed by atoms with Gasteiger partial charge < -0.3 is 9.84 Å². The number of amides is 1. The predicted molar refractivity (Wildman–Crippen MR) is 141 cm³/mol. The summed E-state index contributed by atoms with van der Waals surface area (Å²) >= 11 is 1.23. The molecule has 1 N–H and O–H groups in total. The Kier molecular flexibility index (Phi) is 6.42. The number of esters is 1. The number of thiazole rings is 1. The van der Waals surface area contributed by atoms with E-state index in [1.165, 1.54) is 35.5 Å². The zero-order chi connectivity index (χ0) is 26.1. The molecule has 3 aromatic carbocycles. The van der Waals surface area contributed by atoms with Crippen molar-refractivity contribution < 1.29 is 24.2 Å². The Bertz CT molecular complexity index is 1530. The first-order valence-corrected chi connectivity index (χ1v) is 12.3. The number of anilines is 1. The third kappa shape index (κ3) is 4.32. The van der Waals surface area contributed by atoms with E-state index in [1.807, 2.05) is 36.4 Å². The van der Waals surface area contributed by atoms with Crippen LogP contribution in [-0.2, 0) is 9.53 Å². The van der Waals surface area contributed by atoms with Crippen molar-refractivity contribution in [2.45, 2.75) is 13.0 Å². The fourth-order valence-corrected chi connectivity index (χ4v) is 5.39. The lowest BCUT2D eigenvalue weighted by Gasteiger charge is -2.27. The number of ketones is 1. The summed E-state index contributed by atoms with van der Waals surface area (Å²) in [6.45, 7) is 1.74. The van der Waals surface area contributed by atoms with E-state index in [4.69, 9.17) is 4.74 Å². The second kappa shape index (κ2) is 9.83. The molecule has 0 aliphatic carbocycles. The Morgan fingerprint density at radius 2 is 1.57 bits per heavy atom. The quantitative estimate of drug-likeness (QED) is 0.265. The van der Waals surface area contributed by atoms with Crippen molar-refractivity contribution in [2.24, 2.45) is 0 Å². The first-order valence-electron chi connectivity index (χ1n) is 11.5. The molecule has 4 aromatic rings. The normalized spacial score (nSPS) is 15.2. The molecule has 8 heteroatoms. The number of Topliss-reactive ketones (excluding diaryl/α,β-unsaturated/α-hetero) is 1. The molecule has 0 spiro atoms. The van der Waals surface area contributed by atoms with Gasteiger partial charge in [-0.05, 0) is 36.8 Å². The van der Waals surface area contributed by atoms with Crippen LogP contribution in [0.3, 0.4) is 0 Å². The molecule has 37 heavy (non-hydrogen) atoms. The van der Waals surface area contributed by atoms with Gasteiger partial charge in [0.15, 0.2) is 5.76 Å². The maximum absolute atomic E-state index is 13.9. The van der Waals surface area contributed by atoms with Gasteiger partial charge in [0.25, 0.3) is 5.91 Å². The summed E-state index contributed by atoms with van der Waals surface area (Å²) in [4.78, 5) is 45.5. The lowest BCUT2D eigenvalue weighted by Crippen LogP contribution is -2.31. The van der Waals surface area contributed by atoms with Crippen molar-refractivity contribution in [1.29, 1.82) is 0 Å².